The van der Waals surface area contributed by atoms with Crippen molar-refractivity contribution in [2.24, 2.45) is 0 Å². The molecule has 2 amide bonds. The lowest BCUT2D eigenvalue weighted by atomic mass is 10.1. The lowest BCUT2D eigenvalue weighted by molar-refractivity contribution is -0.120. The van der Waals surface area contributed by atoms with Gasteiger partial charge in [0.1, 0.15) is 5.60 Å². The zero-order valence-corrected chi connectivity index (χ0v) is 17.1. The molecule has 2 N–H and O–H groups in total. The van der Waals surface area contributed by atoms with Crippen molar-refractivity contribution in [1.82, 2.24) is 15.6 Å². The van der Waals surface area contributed by atoms with E-state index in [0.29, 0.717) is 5.69 Å². The molecule has 28 heavy (non-hydrogen) atoms. The number of carbonyl (C=O) groups is 3. The Bertz CT molecular complexity index is 934. The molecule has 0 atom stereocenters. The van der Waals surface area contributed by atoms with Crippen LogP contribution in [-0.2, 0) is 9.53 Å². The van der Waals surface area contributed by atoms with Crippen LogP contribution in [0.25, 0.3) is 0 Å². The lowest BCUT2D eigenvalue weighted by Crippen LogP contribution is -2.49. The van der Waals surface area contributed by atoms with Gasteiger partial charge in [0.15, 0.2) is 5.78 Å². The van der Waals surface area contributed by atoms with E-state index in [1.54, 1.807) is 45.0 Å². The van der Waals surface area contributed by atoms with E-state index in [1.165, 1.54) is 0 Å². The van der Waals surface area contributed by atoms with E-state index in [0.717, 1.165) is 21.9 Å². The van der Waals surface area contributed by atoms with Crippen LogP contribution < -0.4 is 15.9 Å². The predicted molar refractivity (Wildman–Crippen MR) is 105 cm³/mol. The van der Waals surface area contributed by atoms with Gasteiger partial charge in [0, 0.05) is 10.7 Å². The summed E-state index contributed by atoms with van der Waals surface area (Å²) in [6.07, 6.45) is 0.610. The van der Waals surface area contributed by atoms with E-state index in [2.05, 4.69) is 31.6 Å². The van der Waals surface area contributed by atoms with Gasteiger partial charge in [-0.25, -0.2) is 4.79 Å². The first-order valence-electron chi connectivity index (χ1n) is 8.21. The van der Waals surface area contributed by atoms with Crippen LogP contribution in [0.3, 0.4) is 0 Å². The molecular weight excluding hydrogens is 432 g/mol. The van der Waals surface area contributed by atoms with E-state index in [4.69, 9.17) is 4.74 Å². The molecule has 2 rings (SSSR count). The molecule has 10 heteroatoms. The molecule has 1 aromatic heterocycles. The number of benzene rings is 1. The van der Waals surface area contributed by atoms with Gasteiger partial charge in [0.25, 0.3) is 0 Å². The largest absolute Gasteiger partial charge is 0.442 e. The van der Waals surface area contributed by atoms with Crippen molar-refractivity contribution in [3.05, 3.63) is 56.9 Å². The number of Topliss-reactive ketones (excluding diaryl/α,β-unsaturated/α-hetero) is 1. The average Bonchev–Trinajstić information content (AvgIpc) is 2.59. The van der Waals surface area contributed by atoms with Crippen molar-refractivity contribution in [3.8, 4) is 0 Å². The molecule has 9 nitrogen and oxygen atoms in total. The van der Waals surface area contributed by atoms with Gasteiger partial charge in [-0.2, -0.15) is 10.1 Å². The number of ether oxygens (including phenoxy) is 1. The molecule has 0 fully saturated rings. The Kier molecular flexibility index (Phi) is 6.68. The van der Waals surface area contributed by atoms with Crippen molar-refractivity contribution in [1.29, 1.82) is 0 Å². The number of amides is 2. The third-order valence-electron chi connectivity index (χ3n) is 3.25. The molecule has 0 aliphatic heterocycles. The van der Waals surface area contributed by atoms with Gasteiger partial charge in [-0.1, -0.05) is 15.9 Å². The third-order valence-corrected chi connectivity index (χ3v) is 3.78. The van der Waals surface area contributed by atoms with Gasteiger partial charge in [-0.15, -0.1) is 0 Å². The molecule has 0 saturated carbocycles. The van der Waals surface area contributed by atoms with Crippen LogP contribution in [0.5, 0.6) is 0 Å². The number of anilines is 1. The average molecular weight is 451 g/mol. The standard InChI is InChI=1S/C18H19BrN4O5/c1-18(2,3)28-17(27)23(12-6-4-11(19)5-7-12)22-16(26)8-14(24)13-9-20-21-10-15(13)25/h4-7,9-10H,8H2,1-3H3,(H,20,25)(H,22,26). The quantitative estimate of drug-likeness (QED) is 0.419. The van der Waals surface area contributed by atoms with Gasteiger partial charge in [-0.05, 0) is 45.0 Å². The molecular formula is C18H19BrN4O5. The summed E-state index contributed by atoms with van der Waals surface area (Å²) in [4.78, 5) is 48.7. The molecule has 0 spiro atoms. The minimum absolute atomic E-state index is 0.197. The predicted octanol–water partition coefficient (Wildman–Crippen LogP) is 2.58. The molecule has 2 aromatic rings. The van der Waals surface area contributed by atoms with Gasteiger partial charge < -0.3 is 4.74 Å². The summed E-state index contributed by atoms with van der Waals surface area (Å²) in [7, 11) is 0. The Morgan fingerprint density at radius 1 is 1.21 bits per heavy atom. The number of aromatic nitrogens is 2. The molecule has 1 aromatic carbocycles. The molecule has 0 aliphatic rings. The molecule has 0 radical (unpaired) electrons. The summed E-state index contributed by atoms with van der Waals surface area (Å²) >= 11 is 3.29. The Balaban J connectivity index is 2.19. The van der Waals surface area contributed by atoms with Gasteiger partial charge >= 0.3 is 6.09 Å². The summed E-state index contributed by atoms with van der Waals surface area (Å²) in [5.74, 6) is -1.49. The normalized spacial score (nSPS) is 10.9. The fraction of sp³-hybridized carbons (Fsp3) is 0.278. The summed E-state index contributed by atoms with van der Waals surface area (Å²) in [5, 5.41) is 6.78. The van der Waals surface area contributed by atoms with Crippen molar-refractivity contribution >= 4 is 39.4 Å². The summed E-state index contributed by atoms with van der Waals surface area (Å²) in [6.45, 7) is 5.06. The SMILES string of the molecule is CC(C)(C)OC(=O)N(NC(=O)CC(=O)c1c[nH]ncc1=O)c1ccc(Br)cc1. The van der Waals surface area contributed by atoms with E-state index in [9.17, 15) is 19.2 Å². The number of rotatable bonds is 4. The second kappa shape index (κ2) is 8.79. The van der Waals surface area contributed by atoms with Crippen molar-refractivity contribution in [3.63, 3.8) is 0 Å². The highest BCUT2D eigenvalue weighted by Gasteiger charge is 2.26. The number of ketones is 1. The number of hydrazine groups is 1. The maximum Gasteiger partial charge on any atom is 0.434 e. The van der Waals surface area contributed by atoms with Crippen LogP contribution in [-0.4, -0.2) is 33.6 Å². The van der Waals surface area contributed by atoms with Crippen molar-refractivity contribution in [2.45, 2.75) is 32.8 Å². The first-order valence-corrected chi connectivity index (χ1v) is 9.00. The van der Waals surface area contributed by atoms with E-state index in [1.807, 2.05) is 0 Å². The van der Waals surface area contributed by atoms with Gasteiger partial charge in [0.05, 0.1) is 23.9 Å². The smallest absolute Gasteiger partial charge is 0.434 e. The second-order valence-electron chi connectivity index (χ2n) is 6.74. The first kappa shape index (κ1) is 21.3. The molecule has 0 bridgehead atoms. The van der Waals surface area contributed by atoms with Crippen LogP contribution in [0.15, 0.2) is 45.9 Å². The fourth-order valence-electron chi connectivity index (χ4n) is 2.07. The molecule has 0 aliphatic carbocycles. The minimum atomic E-state index is -0.822. The van der Waals surface area contributed by atoms with Crippen LogP contribution in [0.1, 0.15) is 37.6 Å². The van der Waals surface area contributed by atoms with E-state index < -0.39 is 35.2 Å². The van der Waals surface area contributed by atoms with Gasteiger partial charge in [0.2, 0.25) is 11.3 Å². The summed E-state index contributed by atoms with van der Waals surface area (Å²) in [6, 6.07) is 6.54. The van der Waals surface area contributed by atoms with Crippen molar-refractivity contribution in [2.75, 3.05) is 5.01 Å². The third kappa shape index (κ3) is 6.02. The Morgan fingerprint density at radius 2 is 1.86 bits per heavy atom. The fourth-order valence-corrected chi connectivity index (χ4v) is 2.34. The lowest BCUT2D eigenvalue weighted by Gasteiger charge is -2.27. The highest BCUT2D eigenvalue weighted by atomic mass is 79.9. The van der Waals surface area contributed by atoms with Crippen LogP contribution in [0.4, 0.5) is 10.5 Å². The van der Waals surface area contributed by atoms with Crippen LogP contribution in [0, 0.1) is 0 Å². The summed E-state index contributed by atoms with van der Waals surface area (Å²) < 4.78 is 6.08. The number of nitrogens with one attached hydrogen (secondary N) is 2. The monoisotopic (exact) mass is 450 g/mol. The van der Waals surface area contributed by atoms with Crippen molar-refractivity contribution < 1.29 is 19.1 Å². The maximum absolute atomic E-state index is 12.5. The number of halogens is 1. The zero-order valence-electron chi connectivity index (χ0n) is 15.5. The maximum atomic E-state index is 12.5. The van der Waals surface area contributed by atoms with Gasteiger partial charge in [-0.3, -0.25) is 24.9 Å². The molecule has 148 valence electrons. The zero-order chi connectivity index (χ0) is 20.9. The van der Waals surface area contributed by atoms with Crippen LogP contribution in [0.2, 0.25) is 0 Å². The number of hydrogen-bond donors (Lipinski definition) is 2. The Morgan fingerprint density at radius 3 is 2.43 bits per heavy atom. The van der Waals surface area contributed by atoms with E-state index in [-0.39, 0.29) is 5.56 Å². The Labute approximate surface area is 169 Å². The highest BCUT2D eigenvalue weighted by molar-refractivity contribution is 9.10. The number of H-pyrrole nitrogens is 1. The first-order chi connectivity index (χ1) is 13.1. The molecule has 0 unspecified atom stereocenters. The number of aromatic amines is 1. The highest BCUT2D eigenvalue weighted by Crippen LogP contribution is 2.20. The second-order valence-corrected chi connectivity index (χ2v) is 7.65. The summed E-state index contributed by atoms with van der Waals surface area (Å²) in [5.41, 5.74) is 1.09. The van der Waals surface area contributed by atoms with E-state index >= 15 is 0 Å². The van der Waals surface area contributed by atoms with Crippen LogP contribution >= 0.6 is 15.9 Å². The number of nitrogens with zero attached hydrogens (tertiary/aromatic N) is 2. The number of carbonyl (C=O) groups excluding carboxylic acids is 3. The topological polar surface area (TPSA) is 121 Å². The minimum Gasteiger partial charge on any atom is -0.442 e. The number of hydrogen-bond acceptors (Lipinski definition) is 6. The molecule has 0 saturated heterocycles. The Hall–Kier alpha value is -3.01. The molecule has 1 heterocycles.